The summed E-state index contributed by atoms with van der Waals surface area (Å²) in [7, 11) is 1.80. The largest absolute Gasteiger partial charge is 0.462 e. The molecule has 0 aliphatic heterocycles. The van der Waals surface area contributed by atoms with Crippen LogP contribution in [0.5, 0.6) is 0 Å². The number of hydrogen-bond donors (Lipinski definition) is 1. The summed E-state index contributed by atoms with van der Waals surface area (Å²) in [6.45, 7) is 2.54. The van der Waals surface area contributed by atoms with Crippen LogP contribution < -0.4 is 5.73 Å². The van der Waals surface area contributed by atoms with E-state index in [1.807, 2.05) is 4.90 Å². The van der Waals surface area contributed by atoms with Crippen LogP contribution in [0.25, 0.3) is 0 Å². The van der Waals surface area contributed by atoms with Crippen molar-refractivity contribution in [2.75, 3.05) is 32.9 Å². The Labute approximate surface area is 106 Å². The van der Waals surface area contributed by atoms with Gasteiger partial charge in [-0.3, -0.25) is 9.69 Å². The first-order valence-corrected chi connectivity index (χ1v) is 6.46. The topological polar surface area (TPSA) is 81.9 Å². The molecule has 0 heterocycles. The molecule has 0 aromatic carbocycles. The van der Waals surface area contributed by atoms with E-state index in [9.17, 15) is 9.59 Å². The number of likely N-dealkylation sites (N-methyl/N-ethyl adjacent to an activating group) is 1. The zero-order valence-corrected chi connectivity index (χ0v) is 11.3. The quantitative estimate of drug-likeness (QED) is 0.489. The van der Waals surface area contributed by atoms with E-state index < -0.39 is 5.97 Å². The number of nitrogens with zero attached hydrogens (tertiary/aromatic N) is 1. The van der Waals surface area contributed by atoms with Crippen LogP contribution in [0.1, 0.15) is 13.3 Å². The van der Waals surface area contributed by atoms with E-state index in [0.717, 1.165) is 12.0 Å². The van der Waals surface area contributed by atoms with E-state index in [0.29, 0.717) is 13.0 Å². The zero-order chi connectivity index (χ0) is 13.3. The van der Waals surface area contributed by atoms with Crippen LogP contribution in [0.4, 0.5) is 0 Å². The molecule has 0 bridgehead atoms. The van der Waals surface area contributed by atoms with Gasteiger partial charge in [-0.15, -0.1) is 0 Å². The van der Waals surface area contributed by atoms with Gasteiger partial charge in [-0.2, -0.15) is 0 Å². The Morgan fingerprint density at radius 3 is 2.59 bits per heavy atom. The van der Waals surface area contributed by atoms with Crippen molar-refractivity contribution >= 4 is 24.0 Å². The molecule has 2 N–H and O–H groups in total. The van der Waals surface area contributed by atoms with Crippen molar-refractivity contribution in [3.63, 3.8) is 0 Å². The minimum absolute atomic E-state index is 0.111. The third kappa shape index (κ3) is 8.96. The molecule has 0 amide bonds. The molecule has 100 valence electrons. The van der Waals surface area contributed by atoms with Crippen LogP contribution in [-0.4, -0.2) is 55.9 Å². The fraction of sp³-hybridized carbons (Fsp3) is 0.800. The molecule has 0 saturated heterocycles. The molecule has 0 saturated carbocycles. The zero-order valence-electron chi connectivity index (χ0n) is 10.5. The van der Waals surface area contributed by atoms with Crippen molar-refractivity contribution in [1.29, 1.82) is 0 Å². The number of rotatable bonds is 8. The van der Waals surface area contributed by atoms with Crippen LogP contribution in [0.2, 0.25) is 0 Å². The lowest BCUT2D eigenvalue weighted by Gasteiger charge is -2.18. The van der Waals surface area contributed by atoms with Gasteiger partial charge >= 0.3 is 11.9 Å². The first kappa shape index (κ1) is 16.2. The Morgan fingerprint density at radius 1 is 1.41 bits per heavy atom. The molecule has 0 rings (SSSR count). The monoisotopic (exact) mass is 264 g/mol. The van der Waals surface area contributed by atoms with Crippen LogP contribution >= 0.6 is 12.0 Å². The van der Waals surface area contributed by atoms with Crippen molar-refractivity contribution in [3.8, 4) is 0 Å². The number of nitrogens with two attached hydrogens (primary N) is 1. The summed E-state index contributed by atoms with van der Waals surface area (Å²) in [6.07, 6.45) is 2.13. The van der Waals surface area contributed by atoms with Crippen molar-refractivity contribution in [2.24, 2.45) is 5.73 Å². The van der Waals surface area contributed by atoms with Gasteiger partial charge in [0, 0.05) is 12.8 Å². The predicted octanol–water partition coefficient (Wildman–Crippen LogP) is 0.0199. The highest BCUT2D eigenvalue weighted by Gasteiger charge is 2.11. The highest BCUT2D eigenvalue weighted by atomic mass is 32.2. The fourth-order valence-corrected chi connectivity index (χ4v) is 1.39. The average molecular weight is 264 g/mol. The Kier molecular flexibility index (Phi) is 8.83. The molecule has 1 unspecified atom stereocenters. The van der Waals surface area contributed by atoms with Crippen molar-refractivity contribution < 1.29 is 18.5 Å². The van der Waals surface area contributed by atoms with E-state index in [1.54, 1.807) is 20.2 Å². The van der Waals surface area contributed by atoms with Gasteiger partial charge < -0.3 is 14.7 Å². The van der Waals surface area contributed by atoms with Crippen molar-refractivity contribution in [2.45, 2.75) is 19.4 Å². The molecular formula is C10H20N2O4S. The van der Waals surface area contributed by atoms with E-state index >= 15 is 0 Å². The van der Waals surface area contributed by atoms with E-state index in [1.165, 1.54) is 0 Å². The molecule has 6 nitrogen and oxygen atoms in total. The van der Waals surface area contributed by atoms with Gasteiger partial charge in [-0.05, 0) is 20.4 Å². The Morgan fingerprint density at radius 2 is 2.06 bits per heavy atom. The van der Waals surface area contributed by atoms with Gasteiger partial charge in [0.1, 0.15) is 6.10 Å². The highest BCUT2D eigenvalue weighted by molar-refractivity contribution is 7.94. The molecule has 17 heavy (non-hydrogen) atoms. The maximum Gasteiger partial charge on any atom is 0.332 e. The second kappa shape index (κ2) is 9.26. The molecule has 1 atom stereocenters. The molecule has 0 radical (unpaired) electrons. The molecule has 0 fully saturated rings. The van der Waals surface area contributed by atoms with Gasteiger partial charge in [0.05, 0.1) is 25.1 Å². The molecule has 0 aromatic heterocycles. The first-order chi connectivity index (χ1) is 7.99. The molecular weight excluding hydrogens is 244 g/mol. The SMILES string of the molecule is CSOC(=O)CN(C)CCC(C)OC(=O)CN. The first-order valence-electron chi connectivity index (χ1n) is 5.31. The third-order valence-corrected chi connectivity index (χ3v) is 2.34. The number of carbonyl (C=O) groups is 2. The van der Waals surface area contributed by atoms with E-state index in [2.05, 4.69) is 0 Å². The molecule has 0 aliphatic carbocycles. The molecule has 7 heteroatoms. The second-order valence-corrected chi connectivity index (χ2v) is 4.15. The lowest BCUT2D eigenvalue weighted by molar-refractivity contribution is -0.147. The lowest BCUT2D eigenvalue weighted by Crippen LogP contribution is -2.30. The maximum atomic E-state index is 11.1. The van der Waals surface area contributed by atoms with E-state index in [4.69, 9.17) is 14.7 Å². The fourth-order valence-electron chi connectivity index (χ4n) is 1.15. The smallest absolute Gasteiger partial charge is 0.332 e. The molecule has 0 spiro atoms. The number of ether oxygens (including phenoxy) is 1. The minimum atomic E-state index is -0.415. The van der Waals surface area contributed by atoms with Crippen LogP contribution in [-0.2, 0) is 18.5 Å². The summed E-state index contributed by atoms with van der Waals surface area (Å²) in [6, 6.07) is 0. The van der Waals surface area contributed by atoms with Gasteiger partial charge in [0.15, 0.2) is 0 Å². The predicted molar refractivity (Wildman–Crippen MR) is 66.3 cm³/mol. The Bertz CT molecular complexity index is 250. The second-order valence-electron chi connectivity index (χ2n) is 3.65. The normalized spacial score (nSPS) is 12.3. The van der Waals surface area contributed by atoms with Gasteiger partial charge in [-0.25, -0.2) is 4.79 Å². The lowest BCUT2D eigenvalue weighted by atomic mass is 10.2. The van der Waals surface area contributed by atoms with Crippen molar-refractivity contribution in [1.82, 2.24) is 4.90 Å². The van der Waals surface area contributed by atoms with Gasteiger partial charge in [0.2, 0.25) is 0 Å². The number of hydrogen-bond acceptors (Lipinski definition) is 7. The Balaban J connectivity index is 3.72. The summed E-state index contributed by atoms with van der Waals surface area (Å²) >= 11 is 1.03. The molecule has 0 aliphatic rings. The third-order valence-electron chi connectivity index (χ3n) is 1.99. The number of carbonyl (C=O) groups excluding carboxylic acids is 2. The highest BCUT2D eigenvalue weighted by Crippen LogP contribution is 2.01. The van der Waals surface area contributed by atoms with Crippen LogP contribution in [0.3, 0.4) is 0 Å². The van der Waals surface area contributed by atoms with Gasteiger partial charge in [-0.1, -0.05) is 0 Å². The minimum Gasteiger partial charge on any atom is -0.462 e. The maximum absolute atomic E-state index is 11.1. The van der Waals surface area contributed by atoms with Gasteiger partial charge in [0.25, 0.3) is 0 Å². The summed E-state index contributed by atoms with van der Waals surface area (Å²) in [5.41, 5.74) is 5.13. The van der Waals surface area contributed by atoms with Crippen LogP contribution in [0, 0.1) is 0 Å². The summed E-state index contributed by atoms with van der Waals surface area (Å²) in [5.74, 6) is -0.700. The Hall–Kier alpha value is -0.790. The van der Waals surface area contributed by atoms with Crippen molar-refractivity contribution in [3.05, 3.63) is 0 Å². The van der Waals surface area contributed by atoms with E-state index in [-0.39, 0.29) is 25.2 Å². The summed E-state index contributed by atoms with van der Waals surface area (Å²) in [4.78, 5) is 23.8. The van der Waals surface area contributed by atoms with Crippen LogP contribution in [0.15, 0.2) is 0 Å². The standard InChI is InChI=1S/C10H20N2O4S/c1-8(15-9(13)6-11)4-5-12(2)7-10(14)16-17-3/h8H,4-7,11H2,1-3H3. The summed E-state index contributed by atoms with van der Waals surface area (Å²) < 4.78 is 9.73. The number of esters is 1. The molecule has 0 aromatic rings. The average Bonchev–Trinajstić information content (AvgIpc) is 2.26. The summed E-state index contributed by atoms with van der Waals surface area (Å²) in [5, 5.41) is 0.